The van der Waals surface area contributed by atoms with Gasteiger partial charge in [-0.25, -0.2) is 0 Å². The van der Waals surface area contributed by atoms with Gasteiger partial charge in [0.15, 0.2) is 11.5 Å². The minimum Gasteiger partial charge on any atom is -0.493 e. The predicted octanol–water partition coefficient (Wildman–Crippen LogP) is 2.22. The average molecular weight is 295 g/mol. The van der Waals surface area contributed by atoms with Gasteiger partial charge in [0, 0.05) is 6.54 Å². The predicted molar refractivity (Wildman–Crippen MR) is 62.3 cm³/mol. The standard InChI is InChI=1S/C12H13F4NO3/c1-19-9-6-7(2-3-8(9)20-12(15)16)4-5-17-11(18)10(13)14/h2-3,6,10,12H,4-5H2,1H3,(H,17,18). The van der Waals surface area contributed by atoms with Crippen LogP contribution in [0.15, 0.2) is 18.2 Å². The topological polar surface area (TPSA) is 47.6 Å². The molecule has 0 aliphatic carbocycles. The Balaban J connectivity index is 2.61. The molecular formula is C12H13F4NO3. The lowest BCUT2D eigenvalue weighted by atomic mass is 10.1. The van der Waals surface area contributed by atoms with Gasteiger partial charge in [-0.05, 0) is 24.1 Å². The molecule has 1 aromatic rings. The van der Waals surface area contributed by atoms with Gasteiger partial charge in [0.1, 0.15) is 0 Å². The molecular weight excluding hydrogens is 282 g/mol. The monoisotopic (exact) mass is 295 g/mol. The molecule has 112 valence electrons. The van der Waals surface area contributed by atoms with Gasteiger partial charge < -0.3 is 14.8 Å². The van der Waals surface area contributed by atoms with Crippen LogP contribution in [0.2, 0.25) is 0 Å². The van der Waals surface area contributed by atoms with Gasteiger partial charge in [-0.15, -0.1) is 0 Å². The summed E-state index contributed by atoms with van der Waals surface area (Å²) in [5.74, 6) is -1.37. The van der Waals surface area contributed by atoms with Crippen LogP contribution in [0, 0.1) is 0 Å². The number of hydrogen-bond donors (Lipinski definition) is 1. The van der Waals surface area contributed by atoms with Gasteiger partial charge in [-0.2, -0.15) is 17.6 Å². The van der Waals surface area contributed by atoms with Crippen LogP contribution in [0.3, 0.4) is 0 Å². The highest BCUT2D eigenvalue weighted by atomic mass is 19.3. The van der Waals surface area contributed by atoms with Crippen LogP contribution in [0.5, 0.6) is 11.5 Å². The van der Waals surface area contributed by atoms with Crippen molar-refractivity contribution in [3.63, 3.8) is 0 Å². The summed E-state index contributed by atoms with van der Waals surface area (Å²) in [6.07, 6.45) is -2.81. The van der Waals surface area contributed by atoms with Crippen LogP contribution in [0.4, 0.5) is 17.6 Å². The van der Waals surface area contributed by atoms with Crippen LogP contribution >= 0.6 is 0 Å². The second-order valence-electron chi connectivity index (χ2n) is 3.71. The van der Waals surface area contributed by atoms with Crippen molar-refractivity contribution in [3.8, 4) is 11.5 Å². The molecule has 8 heteroatoms. The fraction of sp³-hybridized carbons (Fsp3) is 0.417. The Labute approximate surface area is 112 Å². The van der Waals surface area contributed by atoms with E-state index in [4.69, 9.17) is 4.74 Å². The molecule has 0 heterocycles. The lowest BCUT2D eigenvalue weighted by Crippen LogP contribution is -2.31. The number of carbonyl (C=O) groups is 1. The smallest absolute Gasteiger partial charge is 0.387 e. The summed E-state index contributed by atoms with van der Waals surface area (Å²) in [4.78, 5) is 10.6. The SMILES string of the molecule is COc1cc(CCNC(=O)C(F)F)ccc1OC(F)F. The van der Waals surface area contributed by atoms with Crippen molar-refractivity contribution in [1.82, 2.24) is 5.32 Å². The van der Waals surface area contributed by atoms with Crippen molar-refractivity contribution in [1.29, 1.82) is 0 Å². The molecule has 0 saturated heterocycles. The summed E-state index contributed by atoms with van der Waals surface area (Å²) in [5.41, 5.74) is 0.623. The Bertz CT molecular complexity index is 454. The number of halogens is 4. The van der Waals surface area contributed by atoms with E-state index >= 15 is 0 Å². The molecule has 0 bridgehead atoms. The maximum absolute atomic E-state index is 12.1. The number of nitrogens with one attached hydrogen (secondary N) is 1. The maximum atomic E-state index is 12.1. The van der Waals surface area contributed by atoms with Crippen LogP contribution < -0.4 is 14.8 Å². The maximum Gasteiger partial charge on any atom is 0.387 e. The normalized spacial score (nSPS) is 10.8. The quantitative estimate of drug-likeness (QED) is 0.785. The number of amides is 1. The lowest BCUT2D eigenvalue weighted by molar-refractivity contribution is -0.131. The van der Waals surface area contributed by atoms with Crippen molar-refractivity contribution in [3.05, 3.63) is 23.8 Å². The van der Waals surface area contributed by atoms with Crippen molar-refractivity contribution < 1.29 is 31.8 Å². The first-order valence-electron chi connectivity index (χ1n) is 5.61. The minimum atomic E-state index is -3.06. The summed E-state index contributed by atoms with van der Waals surface area (Å²) in [5, 5.41) is 2.03. The molecule has 1 amide bonds. The van der Waals surface area contributed by atoms with Crippen molar-refractivity contribution in [2.24, 2.45) is 0 Å². The van der Waals surface area contributed by atoms with Gasteiger partial charge >= 0.3 is 13.0 Å². The molecule has 0 aliphatic heterocycles. The van der Waals surface area contributed by atoms with Crippen LogP contribution in [0.1, 0.15) is 5.56 Å². The first-order chi connectivity index (χ1) is 9.43. The summed E-state index contributed by atoms with van der Waals surface area (Å²) < 4.78 is 57.2. The van der Waals surface area contributed by atoms with E-state index in [0.29, 0.717) is 5.56 Å². The van der Waals surface area contributed by atoms with Gasteiger partial charge in [-0.3, -0.25) is 4.79 Å². The number of hydrogen-bond acceptors (Lipinski definition) is 3. The van der Waals surface area contributed by atoms with E-state index in [2.05, 4.69) is 4.74 Å². The highest BCUT2D eigenvalue weighted by Crippen LogP contribution is 2.29. The zero-order chi connectivity index (χ0) is 15.1. The zero-order valence-corrected chi connectivity index (χ0v) is 10.5. The number of benzene rings is 1. The largest absolute Gasteiger partial charge is 0.493 e. The summed E-state index contributed by atoms with van der Waals surface area (Å²) in [7, 11) is 1.29. The Hall–Kier alpha value is -1.99. The van der Waals surface area contributed by atoms with Crippen LogP contribution in [-0.4, -0.2) is 32.6 Å². The molecule has 20 heavy (non-hydrogen) atoms. The Morgan fingerprint density at radius 2 is 1.95 bits per heavy atom. The third-order valence-corrected chi connectivity index (χ3v) is 2.36. The van der Waals surface area contributed by atoms with Crippen molar-refractivity contribution >= 4 is 5.91 Å². The second-order valence-corrected chi connectivity index (χ2v) is 3.71. The number of rotatable bonds is 7. The molecule has 1 rings (SSSR count). The molecule has 0 fully saturated rings. The first kappa shape index (κ1) is 16.1. The third kappa shape index (κ3) is 4.94. The summed E-state index contributed by atoms with van der Waals surface area (Å²) in [6, 6.07) is 4.20. The number of carbonyl (C=O) groups excluding carboxylic acids is 1. The van der Waals surface area contributed by atoms with E-state index in [1.165, 1.54) is 25.3 Å². The van der Waals surface area contributed by atoms with Gasteiger partial charge in [-0.1, -0.05) is 6.07 Å². The van der Waals surface area contributed by atoms with E-state index in [1.54, 1.807) is 0 Å². The summed E-state index contributed by atoms with van der Waals surface area (Å²) >= 11 is 0. The molecule has 0 spiro atoms. The fourth-order valence-electron chi connectivity index (χ4n) is 1.47. The van der Waals surface area contributed by atoms with E-state index in [1.807, 2.05) is 5.32 Å². The Morgan fingerprint density at radius 1 is 1.25 bits per heavy atom. The first-order valence-corrected chi connectivity index (χ1v) is 5.61. The fourth-order valence-corrected chi connectivity index (χ4v) is 1.47. The number of alkyl halides is 4. The van der Waals surface area contributed by atoms with E-state index in [0.717, 1.165) is 0 Å². The highest BCUT2D eigenvalue weighted by Gasteiger charge is 2.14. The third-order valence-electron chi connectivity index (χ3n) is 2.36. The minimum absolute atomic E-state index is 0.00137. The van der Waals surface area contributed by atoms with Crippen molar-refractivity contribution in [2.45, 2.75) is 19.5 Å². The molecule has 0 atom stereocenters. The molecule has 1 N–H and O–H groups in total. The molecule has 0 radical (unpaired) electrons. The second kappa shape index (κ2) is 7.56. The zero-order valence-electron chi connectivity index (χ0n) is 10.5. The van der Waals surface area contributed by atoms with E-state index in [9.17, 15) is 22.4 Å². The van der Waals surface area contributed by atoms with Crippen LogP contribution in [-0.2, 0) is 11.2 Å². The Kier molecular flexibility index (Phi) is 6.08. The lowest BCUT2D eigenvalue weighted by Gasteiger charge is -2.11. The molecule has 1 aromatic carbocycles. The van der Waals surface area contributed by atoms with Gasteiger partial charge in [0.25, 0.3) is 5.91 Å². The Morgan fingerprint density at radius 3 is 2.50 bits per heavy atom. The average Bonchev–Trinajstić information content (AvgIpc) is 2.39. The van der Waals surface area contributed by atoms with Gasteiger partial charge in [0.2, 0.25) is 0 Å². The molecule has 0 unspecified atom stereocenters. The number of methoxy groups -OCH3 is 1. The van der Waals surface area contributed by atoms with Gasteiger partial charge in [0.05, 0.1) is 7.11 Å². The molecule has 0 aliphatic rings. The molecule has 4 nitrogen and oxygen atoms in total. The van der Waals surface area contributed by atoms with E-state index in [-0.39, 0.29) is 24.5 Å². The van der Waals surface area contributed by atoms with Crippen molar-refractivity contribution in [2.75, 3.05) is 13.7 Å². The molecule has 0 aromatic heterocycles. The molecule has 0 saturated carbocycles. The van der Waals surface area contributed by atoms with E-state index < -0.39 is 18.9 Å². The number of ether oxygens (including phenoxy) is 2. The highest BCUT2D eigenvalue weighted by molar-refractivity contribution is 5.79. The summed E-state index contributed by atoms with van der Waals surface area (Å²) in [6.45, 7) is -2.97. The van der Waals surface area contributed by atoms with Crippen LogP contribution in [0.25, 0.3) is 0 Å².